The highest BCUT2D eigenvalue weighted by molar-refractivity contribution is 5.51. The first-order valence-electron chi connectivity index (χ1n) is 5.91. The van der Waals surface area contributed by atoms with Crippen molar-refractivity contribution in [3.63, 3.8) is 0 Å². The summed E-state index contributed by atoms with van der Waals surface area (Å²) >= 11 is 0. The van der Waals surface area contributed by atoms with Gasteiger partial charge in [0.2, 0.25) is 5.89 Å². The summed E-state index contributed by atoms with van der Waals surface area (Å²) in [5.74, 6) is 0.483. The maximum Gasteiger partial charge on any atom is 0.316 e. The molecule has 0 bridgehead atoms. The Morgan fingerprint density at radius 1 is 1.21 bits per heavy atom. The van der Waals surface area contributed by atoms with Crippen LogP contribution in [0.2, 0.25) is 0 Å². The summed E-state index contributed by atoms with van der Waals surface area (Å²) in [6.07, 6.45) is 5.38. The molecule has 3 rings (SSSR count). The molecule has 96 valence electrons. The smallest absolute Gasteiger partial charge is 0.316 e. The molecule has 0 radical (unpaired) electrons. The fraction of sp³-hybridized carbons (Fsp3) is 0.154. The van der Waals surface area contributed by atoms with Gasteiger partial charge in [-0.25, -0.2) is 0 Å². The molecule has 0 saturated carbocycles. The standard InChI is InChI=1S/C13H13N5O/c1-18-8-2-3-11(18)9-15-13-17-16-12(19-13)10-4-6-14-7-5-10/h2-8H,9H2,1H3,(H,15,17). The molecule has 19 heavy (non-hydrogen) atoms. The van der Waals surface area contributed by atoms with E-state index >= 15 is 0 Å². The SMILES string of the molecule is Cn1cccc1CNc1nnc(-c2ccncc2)o1. The Balaban J connectivity index is 1.70. The number of hydrogen-bond donors (Lipinski definition) is 1. The molecule has 3 aromatic heterocycles. The summed E-state index contributed by atoms with van der Waals surface area (Å²) in [4.78, 5) is 3.95. The van der Waals surface area contributed by atoms with Gasteiger partial charge in [0.15, 0.2) is 0 Å². The van der Waals surface area contributed by atoms with Gasteiger partial charge in [0.25, 0.3) is 0 Å². The van der Waals surface area contributed by atoms with Gasteiger partial charge < -0.3 is 14.3 Å². The van der Waals surface area contributed by atoms with Gasteiger partial charge in [0.05, 0.1) is 6.54 Å². The summed E-state index contributed by atoms with van der Waals surface area (Å²) < 4.78 is 7.57. The molecule has 0 aromatic carbocycles. The van der Waals surface area contributed by atoms with E-state index in [0.29, 0.717) is 18.5 Å². The molecule has 0 spiro atoms. The molecule has 3 heterocycles. The Hall–Kier alpha value is -2.63. The fourth-order valence-electron chi connectivity index (χ4n) is 1.75. The zero-order valence-electron chi connectivity index (χ0n) is 10.4. The molecule has 6 heteroatoms. The van der Waals surface area contributed by atoms with Crippen LogP contribution >= 0.6 is 0 Å². The van der Waals surface area contributed by atoms with Crippen molar-refractivity contribution >= 4 is 6.01 Å². The Labute approximate surface area is 110 Å². The minimum absolute atomic E-state index is 0.410. The van der Waals surface area contributed by atoms with E-state index in [1.807, 2.05) is 42.1 Å². The molecule has 0 aliphatic heterocycles. The lowest BCUT2D eigenvalue weighted by Crippen LogP contribution is -2.03. The van der Waals surface area contributed by atoms with Crippen LogP contribution in [0.1, 0.15) is 5.69 Å². The van der Waals surface area contributed by atoms with Crippen molar-refractivity contribution in [3.8, 4) is 11.5 Å². The highest BCUT2D eigenvalue weighted by atomic mass is 16.4. The maximum atomic E-state index is 5.54. The summed E-state index contributed by atoms with van der Waals surface area (Å²) in [5.41, 5.74) is 2.00. The molecular weight excluding hydrogens is 242 g/mol. The van der Waals surface area contributed by atoms with E-state index in [4.69, 9.17) is 4.42 Å². The second-order valence-electron chi connectivity index (χ2n) is 4.11. The lowest BCUT2D eigenvalue weighted by Gasteiger charge is -2.02. The van der Waals surface area contributed by atoms with E-state index in [2.05, 4.69) is 20.5 Å². The number of nitrogens with zero attached hydrogens (tertiary/aromatic N) is 4. The second kappa shape index (κ2) is 4.93. The topological polar surface area (TPSA) is 68.8 Å². The van der Waals surface area contributed by atoms with Crippen LogP contribution in [0.3, 0.4) is 0 Å². The Kier molecular flexibility index (Phi) is 2.97. The minimum Gasteiger partial charge on any atom is -0.403 e. The third-order valence-electron chi connectivity index (χ3n) is 2.82. The first-order chi connectivity index (χ1) is 9.33. The fourth-order valence-corrected chi connectivity index (χ4v) is 1.75. The summed E-state index contributed by atoms with van der Waals surface area (Å²) in [5, 5.41) is 11.1. The van der Waals surface area contributed by atoms with Gasteiger partial charge in [0.1, 0.15) is 0 Å². The number of hydrogen-bond acceptors (Lipinski definition) is 5. The molecule has 0 fully saturated rings. The number of rotatable bonds is 4. The Morgan fingerprint density at radius 3 is 2.79 bits per heavy atom. The van der Waals surface area contributed by atoms with Crippen molar-refractivity contribution < 1.29 is 4.42 Å². The maximum absolute atomic E-state index is 5.54. The molecule has 1 N–H and O–H groups in total. The van der Waals surface area contributed by atoms with Gasteiger partial charge in [-0.1, -0.05) is 5.10 Å². The van der Waals surface area contributed by atoms with Gasteiger partial charge in [-0.2, -0.15) is 0 Å². The number of nitrogens with one attached hydrogen (secondary N) is 1. The first-order valence-corrected chi connectivity index (χ1v) is 5.91. The lowest BCUT2D eigenvalue weighted by molar-refractivity contribution is 0.579. The van der Waals surface area contributed by atoms with Crippen molar-refractivity contribution in [3.05, 3.63) is 48.5 Å². The molecule has 0 aliphatic carbocycles. The highest BCUT2D eigenvalue weighted by Gasteiger charge is 2.08. The van der Waals surface area contributed by atoms with Crippen LogP contribution in [0.4, 0.5) is 6.01 Å². The molecule has 0 amide bonds. The van der Waals surface area contributed by atoms with E-state index in [1.165, 1.54) is 0 Å². The Bertz CT molecular complexity index is 658. The van der Waals surface area contributed by atoms with Crippen molar-refractivity contribution in [1.82, 2.24) is 19.7 Å². The van der Waals surface area contributed by atoms with Crippen LogP contribution in [-0.2, 0) is 13.6 Å². The van der Waals surface area contributed by atoms with E-state index in [-0.39, 0.29) is 0 Å². The molecule has 6 nitrogen and oxygen atoms in total. The molecule has 0 unspecified atom stereocenters. The van der Waals surface area contributed by atoms with Crippen LogP contribution in [0, 0.1) is 0 Å². The monoisotopic (exact) mass is 255 g/mol. The minimum atomic E-state index is 0.410. The number of aryl methyl sites for hydroxylation is 1. The van der Waals surface area contributed by atoms with Crippen LogP contribution in [0.15, 0.2) is 47.3 Å². The number of pyridine rings is 1. The van der Waals surface area contributed by atoms with Crippen molar-refractivity contribution in [2.24, 2.45) is 7.05 Å². The van der Waals surface area contributed by atoms with Gasteiger partial charge in [-0.3, -0.25) is 4.98 Å². The molecular formula is C13H13N5O. The summed E-state index contributed by atoms with van der Waals surface area (Å²) in [6, 6.07) is 8.09. The number of anilines is 1. The van der Waals surface area contributed by atoms with Gasteiger partial charge >= 0.3 is 6.01 Å². The second-order valence-corrected chi connectivity index (χ2v) is 4.11. The van der Waals surface area contributed by atoms with E-state index in [9.17, 15) is 0 Å². The third-order valence-corrected chi connectivity index (χ3v) is 2.82. The quantitative estimate of drug-likeness (QED) is 0.773. The summed E-state index contributed by atoms with van der Waals surface area (Å²) in [7, 11) is 1.99. The van der Waals surface area contributed by atoms with Crippen LogP contribution < -0.4 is 5.32 Å². The predicted molar refractivity (Wildman–Crippen MR) is 70.3 cm³/mol. The zero-order chi connectivity index (χ0) is 13.1. The molecule has 0 aliphatic rings. The zero-order valence-corrected chi connectivity index (χ0v) is 10.4. The third kappa shape index (κ3) is 2.47. The average Bonchev–Trinajstić information content (AvgIpc) is 3.06. The molecule has 3 aromatic rings. The normalized spacial score (nSPS) is 10.6. The van der Waals surface area contributed by atoms with Gasteiger partial charge in [-0.15, -0.1) is 5.10 Å². The van der Waals surface area contributed by atoms with E-state index in [0.717, 1.165) is 11.3 Å². The molecule has 0 saturated heterocycles. The van der Waals surface area contributed by atoms with Crippen LogP contribution in [0.5, 0.6) is 0 Å². The predicted octanol–water partition coefficient (Wildman–Crippen LogP) is 2.08. The van der Waals surface area contributed by atoms with Crippen molar-refractivity contribution in [2.75, 3.05) is 5.32 Å². The number of aromatic nitrogens is 4. The van der Waals surface area contributed by atoms with Gasteiger partial charge in [0, 0.05) is 36.9 Å². The highest BCUT2D eigenvalue weighted by Crippen LogP contribution is 2.18. The van der Waals surface area contributed by atoms with E-state index in [1.54, 1.807) is 12.4 Å². The van der Waals surface area contributed by atoms with E-state index < -0.39 is 0 Å². The first kappa shape index (κ1) is 11.5. The van der Waals surface area contributed by atoms with Crippen molar-refractivity contribution in [2.45, 2.75) is 6.54 Å². The van der Waals surface area contributed by atoms with Gasteiger partial charge in [-0.05, 0) is 24.3 Å². The Morgan fingerprint density at radius 2 is 2.05 bits per heavy atom. The average molecular weight is 255 g/mol. The molecule has 0 atom stereocenters. The van der Waals surface area contributed by atoms with Crippen molar-refractivity contribution in [1.29, 1.82) is 0 Å². The van der Waals surface area contributed by atoms with Crippen LogP contribution in [-0.4, -0.2) is 19.7 Å². The van der Waals surface area contributed by atoms with Crippen LogP contribution in [0.25, 0.3) is 11.5 Å². The lowest BCUT2D eigenvalue weighted by atomic mass is 10.3. The summed E-state index contributed by atoms with van der Waals surface area (Å²) in [6.45, 7) is 0.640. The largest absolute Gasteiger partial charge is 0.403 e.